The van der Waals surface area contributed by atoms with Gasteiger partial charge in [-0.1, -0.05) is 12.1 Å². The van der Waals surface area contributed by atoms with Crippen LogP contribution >= 0.6 is 0 Å². The summed E-state index contributed by atoms with van der Waals surface area (Å²) in [4.78, 5) is 0. The van der Waals surface area contributed by atoms with Crippen LogP contribution in [-0.4, -0.2) is 15.5 Å². The number of hydrogen-bond donors (Lipinski definition) is 0. The van der Waals surface area contributed by atoms with E-state index in [2.05, 4.69) is 20.6 Å². The maximum Gasteiger partial charge on any atom is 0.165 e. The summed E-state index contributed by atoms with van der Waals surface area (Å²) in [6.07, 6.45) is 0. The van der Waals surface area contributed by atoms with Crippen molar-refractivity contribution in [3.63, 3.8) is 0 Å². The van der Waals surface area contributed by atoms with E-state index in [1.807, 2.05) is 0 Å². The topological polar surface area (TPSA) is 62.0 Å². The van der Waals surface area contributed by atoms with E-state index < -0.39 is 5.82 Å². The molecule has 6 heteroatoms. The van der Waals surface area contributed by atoms with Crippen molar-refractivity contribution in [2.75, 3.05) is 0 Å². The molecule has 72 valence electrons. The lowest BCUT2D eigenvalue weighted by Crippen LogP contribution is -2.00. The number of para-hydroxylation sites is 1. The van der Waals surface area contributed by atoms with E-state index in [4.69, 9.17) is 4.74 Å². The predicted octanol–water partition coefficient (Wildman–Crippen LogP) is 0.547. The fraction of sp³-hybridized carbons (Fsp3) is 0.125. The van der Waals surface area contributed by atoms with E-state index in [1.165, 1.54) is 12.1 Å². The molecule has 0 N–H and O–H groups in total. The molecule has 0 aliphatic rings. The van der Waals surface area contributed by atoms with Crippen LogP contribution in [0.4, 0.5) is 4.39 Å². The van der Waals surface area contributed by atoms with E-state index in [9.17, 15) is 4.39 Å². The Morgan fingerprint density at radius 3 is 2.93 bits per heavy atom. The van der Waals surface area contributed by atoms with Crippen molar-refractivity contribution in [1.29, 1.82) is 0 Å². The van der Waals surface area contributed by atoms with Gasteiger partial charge in [-0.05, 0) is 12.1 Å². The van der Waals surface area contributed by atoms with Gasteiger partial charge in [0.2, 0.25) is 0 Å². The average molecular weight is 193 g/mol. The number of ether oxygens (including phenoxy) is 1. The van der Waals surface area contributed by atoms with Gasteiger partial charge in [0.25, 0.3) is 0 Å². The lowest BCUT2D eigenvalue weighted by atomic mass is 10.3. The zero-order chi connectivity index (χ0) is 9.80. The molecule has 0 saturated carbocycles. The second kappa shape index (κ2) is 3.82. The van der Waals surface area contributed by atoms with Gasteiger partial charge in [0.15, 0.2) is 11.6 Å². The number of nitrogens with zero attached hydrogens (tertiary/aromatic N) is 4. The molecule has 0 aliphatic heterocycles. The highest BCUT2D eigenvalue weighted by molar-refractivity contribution is 5.23. The Hall–Kier alpha value is -1.98. The molecule has 0 atom stereocenters. The Balaban J connectivity index is 2.02. The summed E-state index contributed by atoms with van der Waals surface area (Å²) in [7, 11) is 0. The van der Waals surface area contributed by atoms with Gasteiger partial charge in [-0.15, -0.1) is 0 Å². The maximum absolute atomic E-state index is 13.0. The Kier molecular flexibility index (Phi) is 2.35. The smallest absolute Gasteiger partial charge is 0.165 e. The lowest BCUT2D eigenvalue weighted by molar-refractivity contribution is 0.280. The largest absolute Gasteiger partial charge is 0.485 e. The summed E-state index contributed by atoms with van der Waals surface area (Å²) in [5.41, 5.74) is 0. The number of hydrogen-bond acceptors (Lipinski definition) is 4. The fourth-order valence-corrected chi connectivity index (χ4v) is 0.925. The molecular weight excluding hydrogens is 187 g/mol. The molecule has 0 unspecified atom stereocenters. The van der Waals surface area contributed by atoms with Crippen molar-refractivity contribution < 1.29 is 9.13 Å². The standard InChI is InChI=1S/C8H6FN4O/c9-6-3-1-2-4-7(6)14-5-8-10-12-13-11-8/h1-4H,5H2/q-1. The van der Waals surface area contributed by atoms with E-state index in [0.29, 0.717) is 5.82 Å². The van der Waals surface area contributed by atoms with Gasteiger partial charge in [0.05, 0.1) is 0 Å². The van der Waals surface area contributed by atoms with Crippen LogP contribution in [0.3, 0.4) is 0 Å². The Labute approximate surface area is 78.9 Å². The summed E-state index contributed by atoms with van der Waals surface area (Å²) >= 11 is 0. The minimum absolute atomic E-state index is 0.0634. The highest BCUT2D eigenvalue weighted by atomic mass is 19.1. The third-order valence-corrected chi connectivity index (χ3v) is 1.55. The molecule has 1 aromatic carbocycles. The van der Waals surface area contributed by atoms with E-state index in [0.717, 1.165) is 0 Å². The van der Waals surface area contributed by atoms with Crippen LogP contribution < -0.4 is 9.84 Å². The molecule has 14 heavy (non-hydrogen) atoms. The molecule has 2 aromatic rings. The summed E-state index contributed by atoms with van der Waals surface area (Å²) < 4.78 is 18.1. The first kappa shape index (κ1) is 8.61. The minimum Gasteiger partial charge on any atom is -0.485 e. The third kappa shape index (κ3) is 1.85. The van der Waals surface area contributed by atoms with Crippen LogP contribution in [0.2, 0.25) is 0 Å². The number of tetrazole rings is 1. The average Bonchev–Trinajstić information content (AvgIpc) is 2.69. The molecule has 0 amide bonds. The Morgan fingerprint density at radius 1 is 1.36 bits per heavy atom. The highest BCUT2D eigenvalue weighted by Crippen LogP contribution is 2.15. The number of rotatable bonds is 3. The summed E-state index contributed by atoms with van der Waals surface area (Å²) in [5, 5.41) is 13.6. The molecule has 1 aromatic heterocycles. The zero-order valence-corrected chi connectivity index (χ0v) is 7.09. The van der Waals surface area contributed by atoms with Crippen LogP contribution in [-0.2, 0) is 6.61 Å². The van der Waals surface area contributed by atoms with Gasteiger partial charge >= 0.3 is 0 Å². The summed E-state index contributed by atoms with van der Waals surface area (Å²) in [6, 6.07) is 6.11. The molecule has 0 bridgehead atoms. The quantitative estimate of drug-likeness (QED) is 0.712. The molecular formula is C8H6FN4O-. The van der Waals surface area contributed by atoms with Gasteiger partial charge in [-0.2, -0.15) is 5.21 Å². The normalized spacial score (nSPS) is 10.1. The van der Waals surface area contributed by atoms with Crippen molar-refractivity contribution >= 4 is 0 Å². The van der Waals surface area contributed by atoms with Crippen molar-refractivity contribution in [3.05, 3.63) is 35.9 Å². The molecule has 1 heterocycles. The van der Waals surface area contributed by atoms with Gasteiger partial charge < -0.3 is 9.84 Å². The molecule has 5 nitrogen and oxygen atoms in total. The van der Waals surface area contributed by atoms with Crippen LogP contribution in [0.15, 0.2) is 24.3 Å². The number of aromatic nitrogens is 4. The minimum atomic E-state index is -0.417. The molecule has 0 saturated heterocycles. The van der Waals surface area contributed by atoms with Gasteiger partial charge in [0, 0.05) is 5.82 Å². The van der Waals surface area contributed by atoms with E-state index in [-0.39, 0.29) is 12.4 Å². The first-order valence-corrected chi connectivity index (χ1v) is 3.91. The maximum atomic E-state index is 13.0. The summed E-state index contributed by atoms with van der Waals surface area (Å²) in [5.74, 6) is 0.0746. The fourth-order valence-electron chi connectivity index (χ4n) is 0.925. The molecule has 0 radical (unpaired) electrons. The lowest BCUT2D eigenvalue weighted by Gasteiger charge is -2.05. The van der Waals surface area contributed by atoms with Gasteiger partial charge in [0.1, 0.15) is 6.61 Å². The second-order valence-electron chi connectivity index (χ2n) is 2.51. The molecule has 2 rings (SSSR count). The van der Waals surface area contributed by atoms with Gasteiger partial charge in [-0.3, -0.25) is 10.3 Å². The van der Waals surface area contributed by atoms with Crippen molar-refractivity contribution in [2.24, 2.45) is 0 Å². The number of benzene rings is 1. The first-order valence-electron chi connectivity index (χ1n) is 3.91. The van der Waals surface area contributed by atoms with Crippen LogP contribution in [0.1, 0.15) is 5.82 Å². The molecule has 0 fully saturated rings. The Bertz CT molecular complexity index is 403. The summed E-state index contributed by atoms with van der Waals surface area (Å²) in [6.45, 7) is 0.0634. The Morgan fingerprint density at radius 2 is 2.21 bits per heavy atom. The van der Waals surface area contributed by atoms with E-state index >= 15 is 0 Å². The van der Waals surface area contributed by atoms with Crippen molar-refractivity contribution in [3.8, 4) is 5.75 Å². The molecule has 0 aliphatic carbocycles. The second-order valence-corrected chi connectivity index (χ2v) is 2.51. The highest BCUT2D eigenvalue weighted by Gasteiger charge is 2.00. The van der Waals surface area contributed by atoms with Crippen LogP contribution in [0.25, 0.3) is 0 Å². The van der Waals surface area contributed by atoms with Gasteiger partial charge in [-0.25, -0.2) is 4.39 Å². The monoisotopic (exact) mass is 193 g/mol. The first-order chi connectivity index (χ1) is 6.86. The SMILES string of the molecule is Fc1ccccc1OCc1nnn[n-]1. The van der Waals surface area contributed by atoms with Crippen LogP contribution in [0, 0.1) is 5.82 Å². The van der Waals surface area contributed by atoms with Crippen molar-refractivity contribution in [2.45, 2.75) is 6.61 Å². The third-order valence-electron chi connectivity index (χ3n) is 1.55. The van der Waals surface area contributed by atoms with Crippen LogP contribution in [0.5, 0.6) is 5.75 Å². The van der Waals surface area contributed by atoms with E-state index in [1.54, 1.807) is 12.1 Å². The number of halogens is 1. The predicted molar refractivity (Wildman–Crippen MR) is 43.9 cm³/mol. The zero-order valence-electron chi connectivity index (χ0n) is 7.09. The van der Waals surface area contributed by atoms with Crippen molar-refractivity contribution in [1.82, 2.24) is 20.6 Å². The molecule has 0 spiro atoms.